The molecule has 1 amide bonds. The summed E-state index contributed by atoms with van der Waals surface area (Å²) in [5.41, 5.74) is 1.05. The van der Waals surface area contributed by atoms with Crippen molar-refractivity contribution >= 4 is 11.6 Å². The molecule has 0 radical (unpaired) electrons. The van der Waals surface area contributed by atoms with E-state index in [1.165, 1.54) is 0 Å². The monoisotopic (exact) mass is 279 g/mol. The first-order valence-corrected chi connectivity index (χ1v) is 7.08. The number of rotatable bonds is 7. The van der Waals surface area contributed by atoms with Gasteiger partial charge in [-0.1, -0.05) is 0 Å². The van der Waals surface area contributed by atoms with Gasteiger partial charge in [0.15, 0.2) is 0 Å². The summed E-state index contributed by atoms with van der Waals surface area (Å²) >= 11 is 0. The number of aliphatic hydroxyl groups is 1. The molecule has 0 aliphatic heterocycles. The number of nitrogens with zero attached hydrogens (tertiary/aromatic N) is 2. The van der Waals surface area contributed by atoms with Gasteiger partial charge in [0.05, 0.1) is 0 Å². The maximum atomic E-state index is 12.2. The summed E-state index contributed by atoms with van der Waals surface area (Å²) in [6.07, 6.45) is 2.27. The Kier molecular flexibility index (Phi) is 5.95. The van der Waals surface area contributed by atoms with Gasteiger partial charge in [-0.3, -0.25) is 9.78 Å². The molecule has 0 aromatic carbocycles. The lowest BCUT2D eigenvalue weighted by Crippen LogP contribution is -2.33. The molecule has 0 atom stereocenters. The molecule has 1 aromatic heterocycles. The molecule has 0 saturated carbocycles. The van der Waals surface area contributed by atoms with E-state index in [0.717, 1.165) is 5.69 Å². The van der Waals surface area contributed by atoms with Crippen molar-refractivity contribution in [3.05, 3.63) is 24.0 Å². The summed E-state index contributed by atoms with van der Waals surface area (Å²) in [4.78, 5) is 18.1. The molecule has 0 aliphatic carbocycles. The van der Waals surface area contributed by atoms with Gasteiger partial charge in [0, 0.05) is 37.1 Å². The molecule has 0 fully saturated rings. The molecular formula is C15H25N3O2. The van der Waals surface area contributed by atoms with Crippen LogP contribution in [0.3, 0.4) is 0 Å². The topological polar surface area (TPSA) is 65.5 Å². The van der Waals surface area contributed by atoms with Crippen LogP contribution in [0.2, 0.25) is 0 Å². The number of aromatic nitrogens is 1. The molecule has 5 nitrogen and oxygen atoms in total. The number of carbonyl (C=O) groups is 1. The smallest absolute Gasteiger partial charge is 0.272 e. The zero-order chi connectivity index (χ0) is 15.2. The fourth-order valence-corrected chi connectivity index (χ4v) is 2.03. The van der Waals surface area contributed by atoms with E-state index in [1.807, 2.05) is 33.8 Å². The maximum absolute atomic E-state index is 12.2. The molecule has 20 heavy (non-hydrogen) atoms. The highest BCUT2D eigenvalue weighted by Crippen LogP contribution is 2.18. The molecule has 1 heterocycles. The number of pyridine rings is 1. The minimum atomic E-state index is -0.231. The van der Waals surface area contributed by atoms with Gasteiger partial charge in [-0.25, -0.2) is 0 Å². The van der Waals surface area contributed by atoms with E-state index in [2.05, 4.69) is 10.3 Å². The summed E-state index contributed by atoms with van der Waals surface area (Å²) in [7, 11) is 0. The van der Waals surface area contributed by atoms with Crippen molar-refractivity contribution in [2.75, 3.05) is 25.0 Å². The number of anilines is 1. The van der Waals surface area contributed by atoms with Crippen LogP contribution in [-0.2, 0) is 0 Å². The lowest BCUT2D eigenvalue weighted by molar-refractivity contribution is 0.0767. The first-order chi connectivity index (χ1) is 9.43. The van der Waals surface area contributed by atoms with E-state index in [1.54, 1.807) is 17.2 Å². The Labute approximate surface area is 121 Å². The van der Waals surface area contributed by atoms with E-state index in [4.69, 9.17) is 5.11 Å². The minimum Gasteiger partial charge on any atom is -0.396 e. The molecule has 1 rings (SSSR count). The SMILES string of the molecule is CCN(CC)C(=O)c1cc(NC(C)(C)CCO)ccn1. The lowest BCUT2D eigenvalue weighted by Gasteiger charge is -2.27. The van der Waals surface area contributed by atoms with E-state index >= 15 is 0 Å². The van der Waals surface area contributed by atoms with Gasteiger partial charge in [-0.05, 0) is 46.2 Å². The van der Waals surface area contributed by atoms with Gasteiger partial charge in [0.25, 0.3) is 5.91 Å². The quantitative estimate of drug-likeness (QED) is 0.802. The van der Waals surface area contributed by atoms with Crippen LogP contribution < -0.4 is 5.32 Å². The number of aliphatic hydroxyl groups excluding tert-OH is 1. The number of hydrogen-bond acceptors (Lipinski definition) is 4. The first-order valence-electron chi connectivity index (χ1n) is 7.08. The second-order valence-electron chi connectivity index (χ2n) is 5.39. The molecule has 112 valence electrons. The van der Waals surface area contributed by atoms with Crippen LogP contribution in [0.5, 0.6) is 0 Å². The molecular weight excluding hydrogens is 254 g/mol. The standard InChI is InChI=1S/C15H25N3O2/c1-5-18(6-2)14(20)13-11-12(7-9-16-13)17-15(3,4)8-10-19/h7,9,11,19H,5-6,8,10H2,1-4H3,(H,16,17). The zero-order valence-corrected chi connectivity index (χ0v) is 12.8. The third-order valence-corrected chi connectivity index (χ3v) is 3.25. The Morgan fingerprint density at radius 2 is 2.05 bits per heavy atom. The van der Waals surface area contributed by atoms with Crippen molar-refractivity contribution in [1.82, 2.24) is 9.88 Å². The van der Waals surface area contributed by atoms with Crippen LogP contribution in [0.15, 0.2) is 18.3 Å². The third-order valence-electron chi connectivity index (χ3n) is 3.25. The number of hydrogen-bond donors (Lipinski definition) is 2. The Bertz CT molecular complexity index is 442. The molecule has 0 unspecified atom stereocenters. The van der Waals surface area contributed by atoms with Gasteiger partial charge in [-0.15, -0.1) is 0 Å². The summed E-state index contributed by atoms with van der Waals surface area (Å²) in [6.45, 7) is 9.39. The number of amides is 1. The zero-order valence-electron chi connectivity index (χ0n) is 12.8. The van der Waals surface area contributed by atoms with E-state index < -0.39 is 0 Å². The highest BCUT2D eigenvalue weighted by molar-refractivity contribution is 5.93. The Morgan fingerprint density at radius 3 is 2.60 bits per heavy atom. The summed E-state index contributed by atoms with van der Waals surface area (Å²) < 4.78 is 0. The predicted molar refractivity (Wildman–Crippen MR) is 80.9 cm³/mol. The third kappa shape index (κ3) is 4.49. The van der Waals surface area contributed by atoms with Gasteiger partial charge >= 0.3 is 0 Å². The van der Waals surface area contributed by atoms with Crippen molar-refractivity contribution in [1.29, 1.82) is 0 Å². The molecule has 0 aliphatic rings. The van der Waals surface area contributed by atoms with Crippen LogP contribution in [0.4, 0.5) is 5.69 Å². The fraction of sp³-hybridized carbons (Fsp3) is 0.600. The lowest BCUT2D eigenvalue weighted by atomic mass is 10.0. The summed E-state index contributed by atoms with van der Waals surface area (Å²) in [5.74, 6) is -0.0568. The summed E-state index contributed by atoms with van der Waals surface area (Å²) in [5, 5.41) is 12.4. The van der Waals surface area contributed by atoms with Crippen molar-refractivity contribution in [2.45, 2.75) is 39.7 Å². The maximum Gasteiger partial charge on any atom is 0.272 e. The summed E-state index contributed by atoms with van der Waals surface area (Å²) in [6, 6.07) is 3.60. The van der Waals surface area contributed by atoms with Gasteiger partial charge < -0.3 is 15.3 Å². The highest BCUT2D eigenvalue weighted by Gasteiger charge is 2.18. The van der Waals surface area contributed by atoms with E-state index in [9.17, 15) is 4.79 Å². The van der Waals surface area contributed by atoms with Crippen LogP contribution in [0.25, 0.3) is 0 Å². The number of carbonyl (C=O) groups excluding carboxylic acids is 1. The Morgan fingerprint density at radius 1 is 1.40 bits per heavy atom. The largest absolute Gasteiger partial charge is 0.396 e. The van der Waals surface area contributed by atoms with Gasteiger partial charge in [0.1, 0.15) is 5.69 Å². The van der Waals surface area contributed by atoms with Crippen molar-refractivity contribution in [3.63, 3.8) is 0 Å². The normalized spacial score (nSPS) is 11.2. The first kappa shape index (κ1) is 16.4. The second kappa shape index (κ2) is 7.24. The Hall–Kier alpha value is -1.62. The van der Waals surface area contributed by atoms with Crippen molar-refractivity contribution < 1.29 is 9.90 Å². The molecule has 0 bridgehead atoms. The Balaban J connectivity index is 2.88. The van der Waals surface area contributed by atoms with Gasteiger partial charge in [-0.2, -0.15) is 0 Å². The fourth-order valence-electron chi connectivity index (χ4n) is 2.03. The average Bonchev–Trinajstić information content (AvgIpc) is 2.39. The van der Waals surface area contributed by atoms with Crippen LogP contribution in [-0.4, -0.2) is 46.1 Å². The second-order valence-corrected chi connectivity index (χ2v) is 5.39. The number of nitrogens with one attached hydrogen (secondary N) is 1. The molecule has 1 aromatic rings. The van der Waals surface area contributed by atoms with E-state index in [-0.39, 0.29) is 18.1 Å². The van der Waals surface area contributed by atoms with Gasteiger partial charge in [0.2, 0.25) is 0 Å². The predicted octanol–water partition coefficient (Wildman–Crippen LogP) is 2.14. The van der Waals surface area contributed by atoms with Crippen molar-refractivity contribution in [2.24, 2.45) is 0 Å². The average molecular weight is 279 g/mol. The molecule has 5 heteroatoms. The minimum absolute atomic E-state index is 0.0568. The molecule has 0 spiro atoms. The molecule has 2 N–H and O–H groups in total. The molecule has 0 saturated heterocycles. The highest BCUT2D eigenvalue weighted by atomic mass is 16.3. The van der Waals surface area contributed by atoms with Crippen LogP contribution in [0.1, 0.15) is 44.6 Å². The van der Waals surface area contributed by atoms with Crippen LogP contribution in [0, 0.1) is 0 Å². The van der Waals surface area contributed by atoms with E-state index in [0.29, 0.717) is 25.2 Å². The van der Waals surface area contributed by atoms with Crippen LogP contribution >= 0.6 is 0 Å². The van der Waals surface area contributed by atoms with Crippen molar-refractivity contribution in [3.8, 4) is 0 Å².